The summed E-state index contributed by atoms with van der Waals surface area (Å²) in [5.74, 6) is 0. The minimum Gasteiger partial charge on any atom is -0.398 e. The quantitative estimate of drug-likeness (QED) is 0.589. The zero-order valence-electron chi connectivity index (χ0n) is 8.17. The van der Waals surface area contributed by atoms with E-state index in [4.69, 9.17) is 17.2 Å². The Kier molecular flexibility index (Phi) is 2.90. The SMILES string of the molecule is Cc1cc(C(N)CN)cc(C)c1N. The predicted molar refractivity (Wildman–Crippen MR) is 56.3 cm³/mol. The van der Waals surface area contributed by atoms with Gasteiger partial charge < -0.3 is 17.2 Å². The van der Waals surface area contributed by atoms with Crippen LogP contribution in [0.2, 0.25) is 0 Å². The van der Waals surface area contributed by atoms with Gasteiger partial charge in [0.25, 0.3) is 0 Å². The lowest BCUT2D eigenvalue weighted by Crippen LogP contribution is -2.21. The third kappa shape index (κ3) is 1.99. The van der Waals surface area contributed by atoms with Gasteiger partial charge >= 0.3 is 0 Å². The van der Waals surface area contributed by atoms with Crippen LogP contribution in [-0.2, 0) is 0 Å². The van der Waals surface area contributed by atoms with Gasteiger partial charge in [-0.3, -0.25) is 0 Å². The number of anilines is 1. The molecular weight excluding hydrogens is 162 g/mol. The van der Waals surface area contributed by atoms with Gasteiger partial charge in [-0.2, -0.15) is 0 Å². The number of nitrogen functional groups attached to an aromatic ring is 1. The van der Waals surface area contributed by atoms with Crippen LogP contribution in [0.25, 0.3) is 0 Å². The van der Waals surface area contributed by atoms with Crippen LogP contribution in [0.1, 0.15) is 22.7 Å². The Morgan fingerprint density at radius 2 is 1.69 bits per heavy atom. The molecule has 6 N–H and O–H groups in total. The summed E-state index contributed by atoms with van der Waals surface area (Å²) >= 11 is 0. The van der Waals surface area contributed by atoms with E-state index in [1.807, 2.05) is 26.0 Å². The molecule has 1 aromatic rings. The molecule has 13 heavy (non-hydrogen) atoms. The Hall–Kier alpha value is -1.06. The highest BCUT2D eigenvalue weighted by Gasteiger charge is 2.06. The smallest absolute Gasteiger partial charge is 0.0419 e. The van der Waals surface area contributed by atoms with Crippen molar-refractivity contribution in [3.05, 3.63) is 28.8 Å². The summed E-state index contributed by atoms with van der Waals surface area (Å²) in [6.07, 6.45) is 0. The van der Waals surface area contributed by atoms with Crippen LogP contribution in [0.3, 0.4) is 0 Å². The molecule has 3 heteroatoms. The van der Waals surface area contributed by atoms with Crippen molar-refractivity contribution in [1.82, 2.24) is 0 Å². The third-order valence-electron chi connectivity index (χ3n) is 2.30. The minimum absolute atomic E-state index is 0.0852. The van der Waals surface area contributed by atoms with Crippen LogP contribution in [0, 0.1) is 13.8 Å². The summed E-state index contributed by atoms with van der Waals surface area (Å²) in [4.78, 5) is 0. The van der Waals surface area contributed by atoms with Gasteiger partial charge in [-0.05, 0) is 30.5 Å². The summed E-state index contributed by atoms with van der Waals surface area (Å²) in [6, 6.07) is 3.91. The lowest BCUT2D eigenvalue weighted by Gasteiger charge is -2.13. The van der Waals surface area contributed by atoms with E-state index >= 15 is 0 Å². The van der Waals surface area contributed by atoms with Crippen molar-refractivity contribution in [1.29, 1.82) is 0 Å². The number of hydrogen-bond donors (Lipinski definition) is 3. The molecule has 0 bridgehead atoms. The van der Waals surface area contributed by atoms with Gasteiger partial charge in [0.15, 0.2) is 0 Å². The van der Waals surface area contributed by atoms with E-state index < -0.39 is 0 Å². The van der Waals surface area contributed by atoms with Crippen molar-refractivity contribution in [3.8, 4) is 0 Å². The molecule has 3 nitrogen and oxygen atoms in total. The zero-order valence-corrected chi connectivity index (χ0v) is 8.17. The Bertz CT molecular complexity index is 284. The fraction of sp³-hybridized carbons (Fsp3) is 0.400. The average Bonchev–Trinajstić information content (AvgIpc) is 2.12. The Balaban J connectivity index is 3.13. The van der Waals surface area contributed by atoms with E-state index in [0.29, 0.717) is 6.54 Å². The van der Waals surface area contributed by atoms with E-state index in [0.717, 1.165) is 22.4 Å². The number of aryl methyl sites for hydroxylation is 2. The number of hydrogen-bond acceptors (Lipinski definition) is 3. The highest BCUT2D eigenvalue weighted by atomic mass is 14.7. The van der Waals surface area contributed by atoms with E-state index in [1.54, 1.807) is 0 Å². The fourth-order valence-corrected chi connectivity index (χ4v) is 1.36. The van der Waals surface area contributed by atoms with Crippen LogP contribution >= 0.6 is 0 Å². The van der Waals surface area contributed by atoms with Crippen molar-refractivity contribution in [2.75, 3.05) is 12.3 Å². The predicted octanol–water partition coefficient (Wildman–Crippen LogP) is 0.844. The van der Waals surface area contributed by atoms with Crippen LogP contribution in [0.4, 0.5) is 5.69 Å². The first-order valence-corrected chi connectivity index (χ1v) is 4.38. The molecule has 0 radical (unpaired) electrons. The maximum atomic E-state index is 5.82. The molecular formula is C10H17N3. The van der Waals surface area contributed by atoms with Crippen LogP contribution in [0.5, 0.6) is 0 Å². The monoisotopic (exact) mass is 179 g/mol. The number of nitrogens with two attached hydrogens (primary N) is 3. The molecule has 1 unspecified atom stereocenters. The molecule has 1 aromatic carbocycles. The minimum atomic E-state index is -0.0852. The van der Waals surface area contributed by atoms with Gasteiger partial charge in [0.05, 0.1) is 0 Å². The van der Waals surface area contributed by atoms with E-state index in [1.165, 1.54) is 0 Å². The molecule has 0 aromatic heterocycles. The highest BCUT2D eigenvalue weighted by molar-refractivity contribution is 5.54. The van der Waals surface area contributed by atoms with Crippen molar-refractivity contribution in [2.45, 2.75) is 19.9 Å². The lowest BCUT2D eigenvalue weighted by molar-refractivity contribution is 0.736. The first-order valence-electron chi connectivity index (χ1n) is 4.38. The summed E-state index contributed by atoms with van der Waals surface area (Å²) in [6.45, 7) is 4.42. The Labute approximate surface area is 78.9 Å². The number of rotatable bonds is 2. The van der Waals surface area contributed by atoms with Crippen LogP contribution in [0.15, 0.2) is 12.1 Å². The maximum absolute atomic E-state index is 5.82. The van der Waals surface area contributed by atoms with Gasteiger partial charge in [-0.1, -0.05) is 12.1 Å². The molecule has 1 atom stereocenters. The van der Waals surface area contributed by atoms with E-state index in [-0.39, 0.29) is 6.04 Å². The van der Waals surface area contributed by atoms with Gasteiger partial charge in [0.1, 0.15) is 0 Å². The van der Waals surface area contributed by atoms with Gasteiger partial charge in [0, 0.05) is 18.3 Å². The molecule has 0 aliphatic heterocycles. The zero-order chi connectivity index (χ0) is 10.0. The second kappa shape index (κ2) is 3.77. The van der Waals surface area contributed by atoms with Crippen molar-refractivity contribution in [3.63, 3.8) is 0 Å². The summed E-state index contributed by atoms with van der Waals surface area (Å²) < 4.78 is 0. The van der Waals surface area contributed by atoms with E-state index in [9.17, 15) is 0 Å². The number of benzene rings is 1. The first-order chi connectivity index (χ1) is 6.06. The van der Waals surface area contributed by atoms with Gasteiger partial charge in [0.2, 0.25) is 0 Å². The average molecular weight is 179 g/mol. The second-order valence-corrected chi connectivity index (χ2v) is 3.41. The normalized spacial score (nSPS) is 12.9. The molecule has 0 aliphatic carbocycles. The van der Waals surface area contributed by atoms with Gasteiger partial charge in [-0.25, -0.2) is 0 Å². The largest absolute Gasteiger partial charge is 0.398 e. The first kappa shape index (κ1) is 10.0. The van der Waals surface area contributed by atoms with Crippen molar-refractivity contribution < 1.29 is 0 Å². The second-order valence-electron chi connectivity index (χ2n) is 3.41. The molecule has 0 saturated carbocycles. The van der Waals surface area contributed by atoms with Gasteiger partial charge in [-0.15, -0.1) is 0 Å². The van der Waals surface area contributed by atoms with Crippen LogP contribution < -0.4 is 17.2 Å². The molecule has 0 amide bonds. The molecule has 0 heterocycles. The molecule has 0 saturated heterocycles. The maximum Gasteiger partial charge on any atom is 0.0419 e. The molecule has 0 aliphatic rings. The third-order valence-corrected chi connectivity index (χ3v) is 2.30. The van der Waals surface area contributed by atoms with Crippen molar-refractivity contribution >= 4 is 5.69 Å². The molecule has 1 rings (SSSR count). The standard InChI is InChI=1S/C10H17N3/c1-6-3-8(9(12)5-11)4-7(2)10(6)13/h3-4,9H,5,11-13H2,1-2H3. The Morgan fingerprint density at radius 1 is 1.23 bits per heavy atom. The van der Waals surface area contributed by atoms with Crippen LogP contribution in [-0.4, -0.2) is 6.54 Å². The lowest BCUT2D eigenvalue weighted by atomic mass is 10.0. The van der Waals surface area contributed by atoms with E-state index in [2.05, 4.69) is 0 Å². The topological polar surface area (TPSA) is 78.1 Å². The molecule has 0 spiro atoms. The summed E-state index contributed by atoms with van der Waals surface area (Å²) in [5, 5.41) is 0. The molecule has 0 fully saturated rings. The Morgan fingerprint density at radius 3 is 2.08 bits per heavy atom. The summed E-state index contributed by atoms with van der Waals surface area (Å²) in [5.41, 5.74) is 21.2. The molecule has 72 valence electrons. The highest BCUT2D eigenvalue weighted by Crippen LogP contribution is 2.21. The van der Waals surface area contributed by atoms with Crippen molar-refractivity contribution in [2.24, 2.45) is 11.5 Å². The summed E-state index contributed by atoms with van der Waals surface area (Å²) in [7, 11) is 0. The fourth-order valence-electron chi connectivity index (χ4n) is 1.36.